The topological polar surface area (TPSA) is 84.5 Å². The molecule has 4 heterocycles. The molecule has 0 radical (unpaired) electrons. The largest absolute Gasteiger partial charge is 0.356 e. The first-order valence-corrected chi connectivity index (χ1v) is 9.12. The molecular formula is C20H19N5O2. The predicted octanol–water partition coefficient (Wildman–Crippen LogP) is 3.19. The van der Waals surface area contributed by atoms with Crippen molar-refractivity contribution in [2.24, 2.45) is 0 Å². The molecule has 0 bridgehead atoms. The zero-order valence-electron chi connectivity index (χ0n) is 14.7. The molecule has 2 N–H and O–H groups in total. The quantitative estimate of drug-likeness (QED) is 0.585. The fraction of sp³-hybridized carbons (Fsp3) is 0.250. The number of hydrogen-bond donors (Lipinski definition) is 2. The number of amides is 1. The Hall–Kier alpha value is -3.19. The highest BCUT2D eigenvalue weighted by atomic mass is 16.5. The van der Waals surface area contributed by atoms with Gasteiger partial charge in [-0.15, -0.1) is 0 Å². The second kappa shape index (κ2) is 6.51. The number of benzene rings is 1. The van der Waals surface area contributed by atoms with E-state index in [4.69, 9.17) is 4.52 Å². The van der Waals surface area contributed by atoms with E-state index >= 15 is 0 Å². The third kappa shape index (κ3) is 2.86. The van der Waals surface area contributed by atoms with Gasteiger partial charge in [0.25, 0.3) is 5.91 Å². The second-order valence-corrected chi connectivity index (χ2v) is 6.86. The summed E-state index contributed by atoms with van der Waals surface area (Å²) in [5.41, 5.74) is 3.83. The summed E-state index contributed by atoms with van der Waals surface area (Å²) < 4.78 is 7.04. The summed E-state index contributed by atoms with van der Waals surface area (Å²) in [4.78, 5) is 17.3. The van der Waals surface area contributed by atoms with Crippen molar-refractivity contribution in [3.8, 4) is 0 Å². The standard InChI is InChI=1S/C20H19N5O2/c26-20(24-16-2-1-3-18-15(16)10-23-27-18)17-11-22-19-5-4-14(12-25(17)19)13-6-8-21-9-7-13/h1-5,10-13,21H,6-9H2,(H,24,26). The zero-order chi connectivity index (χ0) is 18.2. The van der Waals surface area contributed by atoms with Crippen molar-refractivity contribution in [1.82, 2.24) is 19.9 Å². The zero-order valence-corrected chi connectivity index (χ0v) is 14.7. The van der Waals surface area contributed by atoms with Crippen LogP contribution in [0.15, 0.2) is 53.4 Å². The van der Waals surface area contributed by atoms with E-state index in [1.165, 1.54) is 5.56 Å². The van der Waals surface area contributed by atoms with Crippen molar-refractivity contribution >= 4 is 28.2 Å². The maximum atomic E-state index is 12.9. The number of piperidine rings is 1. The first-order valence-electron chi connectivity index (χ1n) is 9.12. The van der Waals surface area contributed by atoms with Crippen molar-refractivity contribution in [1.29, 1.82) is 0 Å². The van der Waals surface area contributed by atoms with Crippen LogP contribution in [0.1, 0.15) is 34.8 Å². The van der Waals surface area contributed by atoms with Gasteiger partial charge in [0.1, 0.15) is 11.3 Å². The molecular weight excluding hydrogens is 342 g/mol. The van der Waals surface area contributed by atoms with Crippen molar-refractivity contribution < 1.29 is 9.32 Å². The van der Waals surface area contributed by atoms with Crippen LogP contribution < -0.4 is 10.6 Å². The van der Waals surface area contributed by atoms with Gasteiger partial charge in [0.2, 0.25) is 0 Å². The van der Waals surface area contributed by atoms with Gasteiger partial charge < -0.3 is 15.2 Å². The number of nitrogens with one attached hydrogen (secondary N) is 2. The van der Waals surface area contributed by atoms with Crippen LogP contribution in [-0.2, 0) is 0 Å². The van der Waals surface area contributed by atoms with Crippen LogP contribution in [0.5, 0.6) is 0 Å². The fourth-order valence-electron chi connectivity index (χ4n) is 3.75. The predicted molar refractivity (Wildman–Crippen MR) is 102 cm³/mol. The molecule has 0 aliphatic carbocycles. The summed E-state index contributed by atoms with van der Waals surface area (Å²) in [6.07, 6.45) is 7.49. The summed E-state index contributed by atoms with van der Waals surface area (Å²) in [5, 5.41) is 10.9. The van der Waals surface area contributed by atoms with E-state index in [9.17, 15) is 4.79 Å². The van der Waals surface area contributed by atoms with Crippen LogP contribution in [0, 0.1) is 0 Å². The maximum Gasteiger partial charge on any atom is 0.274 e. The van der Waals surface area contributed by atoms with Gasteiger partial charge in [-0.25, -0.2) is 4.98 Å². The minimum absolute atomic E-state index is 0.210. The van der Waals surface area contributed by atoms with Crippen LogP contribution in [0.4, 0.5) is 5.69 Å². The number of fused-ring (bicyclic) bond motifs is 2. The van der Waals surface area contributed by atoms with Crippen LogP contribution in [0.2, 0.25) is 0 Å². The van der Waals surface area contributed by atoms with Crippen LogP contribution in [-0.4, -0.2) is 33.5 Å². The summed E-state index contributed by atoms with van der Waals surface area (Å²) >= 11 is 0. The number of imidazole rings is 1. The Labute approximate surface area is 155 Å². The molecule has 1 aliphatic rings. The lowest BCUT2D eigenvalue weighted by Gasteiger charge is -2.23. The molecule has 7 nitrogen and oxygen atoms in total. The van der Waals surface area contributed by atoms with Gasteiger partial charge in [-0.1, -0.05) is 17.3 Å². The molecule has 1 amide bonds. The third-order valence-electron chi connectivity index (χ3n) is 5.22. The van der Waals surface area contributed by atoms with Gasteiger partial charge in [0.15, 0.2) is 5.58 Å². The minimum atomic E-state index is -0.210. The van der Waals surface area contributed by atoms with Crippen LogP contribution in [0.25, 0.3) is 16.6 Å². The normalized spacial score (nSPS) is 15.4. The van der Waals surface area contributed by atoms with Crippen molar-refractivity contribution in [2.75, 3.05) is 18.4 Å². The summed E-state index contributed by atoms with van der Waals surface area (Å²) in [6, 6.07) is 9.58. The molecule has 0 saturated carbocycles. The monoisotopic (exact) mass is 361 g/mol. The van der Waals surface area contributed by atoms with Gasteiger partial charge in [-0.2, -0.15) is 0 Å². The lowest BCUT2D eigenvalue weighted by atomic mass is 9.91. The Morgan fingerprint density at radius 1 is 1.19 bits per heavy atom. The lowest BCUT2D eigenvalue weighted by Crippen LogP contribution is -2.26. The SMILES string of the molecule is O=C(Nc1cccc2oncc12)c1cnc2ccc(C3CCNCC3)cn12. The summed E-state index contributed by atoms with van der Waals surface area (Å²) in [5.74, 6) is 0.304. The molecule has 1 aliphatic heterocycles. The van der Waals surface area contributed by atoms with E-state index in [2.05, 4.69) is 26.8 Å². The van der Waals surface area contributed by atoms with Gasteiger partial charge >= 0.3 is 0 Å². The maximum absolute atomic E-state index is 12.9. The lowest BCUT2D eigenvalue weighted by molar-refractivity contribution is 0.102. The Balaban J connectivity index is 1.48. The Bertz CT molecular complexity index is 1120. The van der Waals surface area contributed by atoms with Crippen molar-refractivity contribution in [3.05, 3.63) is 60.2 Å². The Morgan fingerprint density at radius 3 is 2.96 bits per heavy atom. The smallest absolute Gasteiger partial charge is 0.274 e. The Morgan fingerprint density at radius 2 is 2.07 bits per heavy atom. The molecule has 3 aromatic heterocycles. The van der Waals surface area contributed by atoms with Gasteiger partial charge in [0.05, 0.1) is 23.5 Å². The summed E-state index contributed by atoms with van der Waals surface area (Å²) in [7, 11) is 0. The van der Waals surface area contributed by atoms with E-state index < -0.39 is 0 Å². The van der Waals surface area contributed by atoms with E-state index in [-0.39, 0.29) is 5.91 Å². The molecule has 1 fully saturated rings. The average Bonchev–Trinajstić information content (AvgIpc) is 3.35. The highest BCUT2D eigenvalue weighted by Gasteiger charge is 2.18. The number of carbonyl (C=O) groups is 1. The average molecular weight is 361 g/mol. The van der Waals surface area contributed by atoms with Crippen molar-refractivity contribution in [3.63, 3.8) is 0 Å². The third-order valence-corrected chi connectivity index (χ3v) is 5.22. The molecule has 136 valence electrons. The fourth-order valence-corrected chi connectivity index (χ4v) is 3.75. The number of hydrogen-bond acceptors (Lipinski definition) is 5. The number of anilines is 1. The van der Waals surface area contributed by atoms with Gasteiger partial charge in [-0.05, 0) is 55.6 Å². The molecule has 0 spiro atoms. The molecule has 4 aromatic rings. The number of carbonyl (C=O) groups excluding carboxylic acids is 1. The van der Waals surface area contributed by atoms with E-state index in [0.717, 1.165) is 37.0 Å². The highest BCUT2D eigenvalue weighted by Crippen LogP contribution is 2.26. The highest BCUT2D eigenvalue weighted by molar-refractivity contribution is 6.07. The minimum Gasteiger partial charge on any atom is -0.356 e. The number of pyridine rings is 1. The van der Waals surface area contributed by atoms with Gasteiger partial charge in [-0.3, -0.25) is 9.20 Å². The number of aromatic nitrogens is 3. The summed E-state index contributed by atoms with van der Waals surface area (Å²) in [6.45, 7) is 2.06. The molecule has 0 atom stereocenters. The van der Waals surface area contributed by atoms with Crippen LogP contribution >= 0.6 is 0 Å². The molecule has 27 heavy (non-hydrogen) atoms. The number of nitrogens with zero attached hydrogens (tertiary/aromatic N) is 3. The van der Waals surface area contributed by atoms with Gasteiger partial charge in [0, 0.05) is 6.20 Å². The molecule has 1 aromatic carbocycles. The Kier molecular flexibility index (Phi) is 3.86. The second-order valence-electron chi connectivity index (χ2n) is 6.86. The van der Waals surface area contributed by atoms with E-state index in [0.29, 0.717) is 22.9 Å². The molecule has 1 saturated heterocycles. The molecule has 0 unspecified atom stereocenters. The van der Waals surface area contributed by atoms with E-state index in [1.54, 1.807) is 12.4 Å². The number of rotatable bonds is 3. The van der Waals surface area contributed by atoms with E-state index in [1.807, 2.05) is 34.9 Å². The molecule has 7 heteroatoms. The van der Waals surface area contributed by atoms with Crippen molar-refractivity contribution in [2.45, 2.75) is 18.8 Å². The van der Waals surface area contributed by atoms with Crippen LogP contribution in [0.3, 0.4) is 0 Å². The molecule has 5 rings (SSSR count). The first-order chi connectivity index (χ1) is 13.3. The first kappa shape index (κ1) is 16.0.